The number of rotatable bonds is 6. The molecule has 3 aromatic carbocycles. The molecule has 3 rings (SSSR count). The summed E-state index contributed by atoms with van der Waals surface area (Å²) in [7, 11) is 0. The number of anilines is 1. The molecule has 0 spiro atoms. The maximum Gasteiger partial charge on any atom is 0.269 e. The van der Waals surface area contributed by atoms with Crippen molar-refractivity contribution in [3.05, 3.63) is 95.1 Å². The molecule has 192 valence electrons. The average Bonchev–Trinajstić information content (AvgIpc) is 2.87. The van der Waals surface area contributed by atoms with Crippen molar-refractivity contribution in [3.8, 4) is 5.75 Å². The van der Waals surface area contributed by atoms with Crippen molar-refractivity contribution in [1.82, 2.24) is 16.2 Å². The molecule has 0 heterocycles. The lowest BCUT2D eigenvalue weighted by Gasteiger charge is -2.19. The molecule has 0 aliphatic carbocycles. The lowest BCUT2D eigenvalue weighted by atomic mass is 9.87. The molecular formula is C28H30N4O4S. The molecule has 0 radical (unpaired) electrons. The molecule has 0 saturated heterocycles. The lowest BCUT2D eigenvalue weighted by Crippen LogP contribution is -2.48. The van der Waals surface area contributed by atoms with Crippen LogP contribution in [-0.2, 0) is 5.41 Å². The van der Waals surface area contributed by atoms with Crippen LogP contribution >= 0.6 is 12.2 Å². The quantitative estimate of drug-likeness (QED) is 0.281. The first-order chi connectivity index (χ1) is 17.6. The highest BCUT2D eigenvalue weighted by molar-refractivity contribution is 7.80. The van der Waals surface area contributed by atoms with Crippen LogP contribution in [0, 0.1) is 0 Å². The Kier molecular flexibility index (Phi) is 8.97. The van der Waals surface area contributed by atoms with Crippen molar-refractivity contribution in [1.29, 1.82) is 0 Å². The molecule has 4 N–H and O–H groups in total. The third-order valence-corrected chi connectivity index (χ3v) is 5.55. The van der Waals surface area contributed by atoms with E-state index >= 15 is 0 Å². The molecule has 0 aliphatic heterocycles. The smallest absolute Gasteiger partial charge is 0.269 e. The molecule has 0 bridgehead atoms. The second-order valence-corrected chi connectivity index (χ2v) is 9.59. The minimum absolute atomic E-state index is 0.00520. The standard InChI is InChI=1S/C28H30N4O4S/c1-5-36-23-8-6-7-20(17-23)25(34)30-27(37)32-31-26(35)19-11-15-22(16-12-19)29-24(33)18-9-13-21(14-10-18)28(2,3)4/h6-17H,5H2,1-4H3,(H,29,33)(H,31,35)(H2,30,32,34,37). The van der Waals surface area contributed by atoms with Crippen molar-refractivity contribution in [3.63, 3.8) is 0 Å². The third kappa shape index (κ3) is 7.88. The highest BCUT2D eigenvalue weighted by Crippen LogP contribution is 2.22. The lowest BCUT2D eigenvalue weighted by molar-refractivity contribution is 0.0934. The number of hydrazine groups is 1. The predicted molar refractivity (Wildman–Crippen MR) is 148 cm³/mol. The van der Waals surface area contributed by atoms with Gasteiger partial charge in [-0.3, -0.25) is 30.6 Å². The molecule has 9 heteroatoms. The second kappa shape index (κ2) is 12.1. The summed E-state index contributed by atoms with van der Waals surface area (Å²) >= 11 is 5.09. The molecule has 3 amide bonds. The second-order valence-electron chi connectivity index (χ2n) is 9.18. The van der Waals surface area contributed by atoms with Gasteiger partial charge in [-0.05, 0) is 84.7 Å². The number of benzene rings is 3. The summed E-state index contributed by atoms with van der Waals surface area (Å²) < 4.78 is 5.39. The van der Waals surface area contributed by atoms with Crippen LogP contribution in [-0.4, -0.2) is 29.4 Å². The fraction of sp³-hybridized carbons (Fsp3) is 0.214. The molecule has 37 heavy (non-hydrogen) atoms. The Morgan fingerprint density at radius 3 is 2.03 bits per heavy atom. The fourth-order valence-corrected chi connectivity index (χ4v) is 3.46. The minimum atomic E-state index is -0.467. The van der Waals surface area contributed by atoms with Gasteiger partial charge in [-0.25, -0.2) is 0 Å². The number of hydrogen-bond donors (Lipinski definition) is 4. The van der Waals surface area contributed by atoms with E-state index in [9.17, 15) is 14.4 Å². The fourth-order valence-electron chi connectivity index (χ4n) is 3.32. The van der Waals surface area contributed by atoms with Crippen LogP contribution in [0.25, 0.3) is 0 Å². The summed E-state index contributed by atoms with van der Waals surface area (Å²) in [6.45, 7) is 8.67. The van der Waals surface area contributed by atoms with E-state index in [4.69, 9.17) is 17.0 Å². The van der Waals surface area contributed by atoms with Gasteiger partial charge in [0.05, 0.1) is 6.61 Å². The molecule has 0 atom stereocenters. The first kappa shape index (κ1) is 27.3. The number of thiocarbonyl (C=S) groups is 1. The zero-order valence-corrected chi connectivity index (χ0v) is 22.0. The molecule has 0 fully saturated rings. The minimum Gasteiger partial charge on any atom is -0.494 e. The molecule has 0 saturated carbocycles. The van der Waals surface area contributed by atoms with Crippen LogP contribution in [0.5, 0.6) is 5.75 Å². The van der Waals surface area contributed by atoms with Gasteiger partial charge in [-0.2, -0.15) is 0 Å². The number of nitrogens with one attached hydrogen (secondary N) is 4. The van der Waals surface area contributed by atoms with E-state index in [0.717, 1.165) is 5.56 Å². The Balaban J connectivity index is 1.50. The zero-order chi connectivity index (χ0) is 27.0. The van der Waals surface area contributed by atoms with Gasteiger partial charge >= 0.3 is 0 Å². The van der Waals surface area contributed by atoms with Gasteiger partial charge in [0, 0.05) is 22.4 Å². The van der Waals surface area contributed by atoms with E-state index in [1.807, 2.05) is 19.1 Å². The van der Waals surface area contributed by atoms with Gasteiger partial charge in [0.15, 0.2) is 5.11 Å². The Morgan fingerprint density at radius 2 is 1.41 bits per heavy atom. The van der Waals surface area contributed by atoms with E-state index < -0.39 is 11.8 Å². The van der Waals surface area contributed by atoms with Crippen LogP contribution in [0.15, 0.2) is 72.8 Å². The largest absolute Gasteiger partial charge is 0.494 e. The maximum absolute atomic E-state index is 12.6. The van der Waals surface area contributed by atoms with Crippen LogP contribution in [0.3, 0.4) is 0 Å². The highest BCUT2D eigenvalue weighted by atomic mass is 32.1. The van der Waals surface area contributed by atoms with E-state index in [1.165, 1.54) is 0 Å². The van der Waals surface area contributed by atoms with E-state index in [-0.39, 0.29) is 16.4 Å². The molecule has 8 nitrogen and oxygen atoms in total. The number of hydrogen-bond acceptors (Lipinski definition) is 5. The zero-order valence-electron chi connectivity index (χ0n) is 21.2. The summed E-state index contributed by atoms with van der Waals surface area (Å²) in [5.74, 6) is -0.584. The molecule has 0 aromatic heterocycles. The summed E-state index contributed by atoms with van der Waals surface area (Å²) in [6.07, 6.45) is 0. The summed E-state index contributed by atoms with van der Waals surface area (Å²) in [5.41, 5.74) is 7.87. The third-order valence-electron chi connectivity index (χ3n) is 5.34. The summed E-state index contributed by atoms with van der Waals surface area (Å²) in [6, 6.07) is 20.5. The number of carbonyl (C=O) groups excluding carboxylic acids is 3. The van der Waals surface area contributed by atoms with E-state index in [0.29, 0.717) is 34.7 Å². The topological polar surface area (TPSA) is 109 Å². The van der Waals surface area contributed by atoms with Crippen LogP contribution < -0.4 is 26.2 Å². The first-order valence-electron chi connectivity index (χ1n) is 11.7. The first-order valence-corrected chi connectivity index (χ1v) is 12.1. The van der Waals surface area contributed by atoms with Crippen LogP contribution in [0.2, 0.25) is 0 Å². The highest BCUT2D eigenvalue weighted by Gasteiger charge is 2.15. The SMILES string of the molecule is CCOc1cccc(C(=O)NC(=S)NNC(=O)c2ccc(NC(=O)c3ccc(C(C)(C)C)cc3)cc2)c1. The number of amides is 3. The van der Waals surface area contributed by atoms with Gasteiger partial charge < -0.3 is 10.1 Å². The molecule has 0 unspecified atom stereocenters. The van der Waals surface area contributed by atoms with Crippen molar-refractivity contribution in [2.24, 2.45) is 0 Å². The summed E-state index contributed by atoms with van der Waals surface area (Å²) in [5, 5.41) is 5.24. The van der Waals surface area contributed by atoms with Crippen molar-refractivity contribution in [2.45, 2.75) is 33.1 Å². The molecule has 0 aliphatic rings. The van der Waals surface area contributed by atoms with Crippen molar-refractivity contribution < 1.29 is 19.1 Å². The van der Waals surface area contributed by atoms with Gasteiger partial charge in [-0.1, -0.05) is 39.0 Å². The maximum atomic E-state index is 12.6. The normalized spacial score (nSPS) is 10.7. The monoisotopic (exact) mass is 518 g/mol. The van der Waals surface area contributed by atoms with Crippen LogP contribution in [0.4, 0.5) is 5.69 Å². The van der Waals surface area contributed by atoms with Crippen molar-refractivity contribution >= 4 is 40.7 Å². The van der Waals surface area contributed by atoms with Gasteiger partial charge in [0.2, 0.25) is 0 Å². The Labute approximate surface area is 221 Å². The van der Waals surface area contributed by atoms with Crippen LogP contribution in [0.1, 0.15) is 64.3 Å². The molecule has 3 aromatic rings. The summed E-state index contributed by atoms with van der Waals surface area (Å²) in [4.78, 5) is 37.4. The van der Waals surface area contributed by atoms with Gasteiger partial charge in [-0.15, -0.1) is 0 Å². The van der Waals surface area contributed by atoms with E-state index in [1.54, 1.807) is 60.7 Å². The average molecular weight is 519 g/mol. The molecular weight excluding hydrogens is 488 g/mol. The Bertz CT molecular complexity index is 1280. The van der Waals surface area contributed by atoms with Gasteiger partial charge in [0.1, 0.15) is 5.75 Å². The van der Waals surface area contributed by atoms with Crippen molar-refractivity contribution in [2.75, 3.05) is 11.9 Å². The Hall–Kier alpha value is -4.24. The predicted octanol–water partition coefficient (Wildman–Crippen LogP) is 4.58. The van der Waals surface area contributed by atoms with Gasteiger partial charge in [0.25, 0.3) is 17.7 Å². The Morgan fingerprint density at radius 1 is 0.784 bits per heavy atom. The van der Waals surface area contributed by atoms with E-state index in [2.05, 4.69) is 42.3 Å². The number of carbonyl (C=O) groups is 3. The number of ether oxygens (including phenoxy) is 1.